The van der Waals surface area contributed by atoms with Gasteiger partial charge in [0.05, 0.1) is 16.7 Å². The number of hydrogen-bond donors (Lipinski definition) is 0. The summed E-state index contributed by atoms with van der Waals surface area (Å²) in [4.78, 5) is 4.88. The van der Waals surface area contributed by atoms with Crippen molar-refractivity contribution in [3.63, 3.8) is 0 Å². The zero-order valence-corrected chi connectivity index (χ0v) is 45.4. The molecular weight excluding hydrogens is 1080 g/mol. The van der Waals surface area contributed by atoms with E-state index in [1.807, 2.05) is 69.9 Å². The molecule has 0 unspecified atom stereocenters. The molecule has 0 aliphatic carbocycles. The van der Waals surface area contributed by atoms with Crippen molar-refractivity contribution in [2.45, 2.75) is 92.3 Å². The Hall–Kier alpha value is -7.33. The molecule has 0 N–H and O–H groups in total. The first-order chi connectivity index (χ1) is 37.3. The normalized spacial score (nSPS) is 14.0. The predicted octanol–water partition coefficient (Wildman–Crippen LogP) is 17.1. The largest absolute Gasteiger partial charge is 0.510 e. The molecule has 6 heteroatoms. The minimum Gasteiger partial charge on any atom is -0.510 e. The van der Waals surface area contributed by atoms with Gasteiger partial charge in [0.2, 0.25) is 0 Å². The van der Waals surface area contributed by atoms with Crippen molar-refractivity contribution in [2.75, 3.05) is 0 Å². The van der Waals surface area contributed by atoms with Gasteiger partial charge in [-0.3, -0.25) is 4.57 Å². The molecule has 0 atom stereocenters. The quantitative estimate of drug-likeness (QED) is 0.127. The molecule has 8 aromatic carbocycles. The predicted molar refractivity (Wildman–Crippen MR) is 301 cm³/mol. The molecule has 11 aromatic rings. The molecule has 0 amide bonds. The first-order valence-corrected chi connectivity index (χ1v) is 25.0. The van der Waals surface area contributed by atoms with Crippen LogP contribution in [-0.4, -0.2) is 14.1 Å². The number of rotatable bonds is 5. The number of fused-ring (bicyclic) bond motifs is 10. The van der Waals surface area contributed by atoms with Crippen LogP contribution in [0.2, 0.25) is 0 Å². The Morgan fingerprint density at radius 1 is 0.514 bits per heavy atom. The summed E-state index contributed by atoms with van der Waals surface area (Å²) in [5.41, 5.74) is 13.1. The van der Waals surface area contributed by atoms with Crippen molar-refractivity contribution in [1.29, 1.82) is 0 Å². The fourth-order valence-electron chi connectivity index (χ4n) is 10.6. The summed E-state index contributed by atoms with van der Waals surface area (Å²) in [5.74, 6) is 1.73. The molecule has 0 bridgehead atoms. The van der Waals surface area contributed by atoms with Gasteiger partial charge in [-0.1, -0.05) is 171 Å². The second kappa shape index (κ2) is 18.0. The first kappa shape index (κ1) is 42.1. The molecule has 0 saturated carbocycles. The van der Waals surface area contributed by atoms with Crippen molar-refractivity contribution < 1.29 is 38.6 Å². The summed E-state index contributed by atoms with van der Waals surface area (Å²) < 4.78 is 66.9. The van der Waals surface area contributed by atoms with Crippen LogP contribution in [0.15, 0.2) is 164 Å². The van der Waals surface area contributed by atoms with E-state index in [2.05, 4.69) is 170 Å². The van der Waals surface area contributed by atoms with Gasteiger partial charge in [-0.2, -0.15) is 18.2 Å². The second-order valence-corrected chi connectivity index (χ2v) is 22.5. The molecule has 0 spiro atoms. The number of imidazole rings is 1. The van der Waals surface area contributed by atoms with Crippen molar-refractivity contribution in [3.8, 4) is 73.2 Å². The molecule has 0 radical (unpaired) electrons. The third-order valence-electron chi connectivity index (χ3n) is 14.5. The van der Waals surface area contributed by atoms with E-state index in [0.29, 0.717) is 28.4 Å². The molecule has 4 heterocycles. The van der Waals surface area contributed by atoms with Gasteiger partial charge in [-0.15, -0.1) is 29.7 Å². The maximum absolute atomic E-state index is 8.98. The Kier molecular flexibility index (Phi) is 10.2. The Bertz CT molecular complexity index is 4240. The minimum atomic E-state index is -2.68. The van der Waals surface area contributed by atoms with Crippen molar-refractivity contribution >= 4 is 32.8 Å². The second-order valence-electron chi connectivity index (χ2n) is 22.5. The summed E-state index contributed by atoms with van der Waals surface area (Å²) in [6, 6.07) is 59.7. The van der Waals surface area contributed by atoms with E-state index in [-0.39, 0.29) is 48.6 Å². The SMILES string of the molecule is [2H]C([2H])([2H])c1cccc(C([2H])([2H])[2H])c1-c1cc(C(C)(C)C)cc2c1-[n+]1[c-]n(-c3[c-]c(Oc4[c-]c5c(cc4)c4ccccc4n5-c4cc(C(C)(C)C)ccn4)ccc3)c3cc(C(C)(C)C)cc(c31)-c1ccccc1-c1ccccc1-2.[Pt]. The first-order valence-electron chi connectivity index (χ1n) is 28.0. The van der Waals surface area contributed by atoms with Crippen molar-refractivity contribution in [1.82, 2.24) is 14.1 Å². The van der Waals surface area contributed by atoms with Crippen LogP contribution in [0.1, 0.15) is 98.4 Å². The summed E-state index contributed by atoms with van der Waals surface area (Å²) >= 11 is 0. The molecule has 74 heavy (non-hydrogen) atoms. The standard InChI is InChI=1S/C68H60N4O.Pt/c1-42-20-18-21-43(2)63(42)58-36-45(67(6,7)8)34-56-52-26-14-12-24-50(52)51-25-13-15-27-53(51)57-35-46(68(9,10)11)37-61-65(57)71(64(56)58)41-70(61)47-22-19-23-48(39-47)73-49-30-31-55-54-28-16-17-29-59(54)72(60(55)40-49)62-38-44(32-33-69-62)66(3,4)5;/h12-38H,1-11H3;/q-2;/i1D3,2D3;. The van der Waals surface area contributed by atoms with Gasteiger partial charge >= 0.3 is 0 Å². The van der Waals surface area contributed by atoms with Gasteiger partial charge in [-0.25, -0.2) is 4.98 Å². The van der Waals surface area contributed by atoms with Crippen LogP contribution in [0.5, 0.6) is 11.5 Å². The monoisotopic (exact) mass is 1150 g/mol. The van der Waals surface area contributed by atoms with Gasteiger partial charge in [-0.05, 0) is 138 Å². The topological polar surface area (TPSA) is 35.9 Å². The van der Waals surface area contributed by atoms with Crippen LogP contribution >= 0.6 is 0 Å². The molecule has 12 rings (SSSR count). The fraction of sp³-hybridized carbons (Fsp3) is 0.206. The summed E-state index contributed by atoms with van der Waals surface area (Å²) in [6.07, 6.45) is 5.71. The van der Waals surface area contributed by atoms with Crippen molar-refractivity contribution in [2.24, 2.45) is 0 Å². The zero-order valence-electron chi connectivity index (χ0n) is 49.1. The van der Waals surface area contributed by atoms with E-state index in [9.17, 15) is 0 Å². The van der Waals surface area contributed by atoms with E-state index in [4.69, 9.17) is 17.9 Å². The molecule has 370 valence electrons. The molecule has 0 saturated heterocycles. The minimum absolute atomic E-state index is 0. The number of aromatic nitrogens is 4. The summed E-state index contributed by atoms with van der Waals surface area (Å²) in [7, 11) is 0. The van der Waals surface area contributed by atoms with Gasteiger partial charge in [0.15, 0.2) is 0 Å². The van der Waals surface area contributed by atoms with E-state index in [0.717, 1.165) is 83.2 Å². The van der Waals surface area contributed by atoms with Crippen LogP contribution in [-0.2, 0) is 37.3 Å². The van der Waals surface area contributed by atoms with Crippen LogP contribution in [0.3, 0.4) is 0 Å². The average molecular weight is 1150 g/mol. The van der Waals surface area contributed by atoms with Gasteiger partial charge in [0.25, 0.3) is 6.33 Å². The molecule has 0 fully saturated rings. The Labute approximate surface area is 458 Å². The van der Waals surface area contributed by atoms with Crippen LogP contribution in [0.4, 0.5) is 0 Å². The zero-order chi connectivity index (χ0) is 55.7. The van der Waals surface area contributed by atoms with E-state index >= 15 is 0 Å². The molecule has 3 aromatic heterocycles. The molecule has 1 aliphatic heterocycles. The average Bonchev–Trinajstić information content (AvgIpc) is 3.95. The van der Waals surface area contributed by atoms with Gasteiger partial charge in [0.1, 0.15) is 5.82 Å². The van der Waals surface area contributed by atoms with Crippen LogP contribution in [0.25, 0.3) is 94.5 Å². The maximum Gasteiger partial charge on any atom is 0.268 e. The maximum atomic E-state index is 8.98. The van der Waals surface area contributed by atoms with E-state index in [1.165, 1.54) is 5.56 Å². The van der Waals surface area contributed by atoms with Gasteiger partial charge in [0, 0.05) is 52.5 Å². The third kappa shape index (κ3) is 8.21. The van der Waals surface area contributed by atoms with Crippen LogP contribution in [0, 0.1) is 32.2 Å². The smallest absolute Gasteiger partial charge is 0.268 e. The number of para-hydroxylation sites is 1. The summed E-state index contributed by atoms with van der Waals surface area (Å²) in [5, 5.41) is 2.10. The molecule has 5 nitrogen and oxygen atoms in total. The number of aryl methyl sites for hydroxylation is 2. The fourth-order valence-corrected chi connectivity index (χ4v) is 10.6. The Morgan fingerprint density at radius 3 is 1.77 bits per heavy atom. The molecular formula is C68H60N4OPt-2. The van der Waals surface area contributed by atoms with E-state index in [1.54, 1.807) is 18.2 Å². The number of hydrogen-bond acceptors (Lipinski definition) is 2. The number of nitrogens with zero attached hydrogens (tertiary/aromatic N) is 4. The summed E-state index contributed by atoms with van der Waals surface area (Å²) in [6.45, 7) is 14.2. The van der Waals surface area contributed by atoms with Crippen LogP contribution < -0.4 is 9.30 Å². The number of pyridine rings is 1. The van der Waals surface area contributed by atoms with Crippen molar-refractivity contribution in [3.05, 3.63) is 210 Å². The third-order valence-corrected chi connectivity index (χ3v) is 14.5. The Balaban J connectivity index is 0.00000675. The van der Waals surface area contributed by atoms with E-state index < -0.39 is 19.1 Å². The number of ether oxygens (including phenoxy) is 1. The Morgan fingerprint density at radius 2 is 1.09 bits per heavy atom. The van der Waals surface area contributed by atoms with Gasteiger partial charge < -0.3 is 13.9 Å². The number of benzene rings is 8. The molecule has 1 aliphatic rings.